The molecule has 2 unspecified atom stereocenters. The third-order valence-corrected chi connectivity index (χ3v) is 6.46. The summed E-state index contributed by atoms with van der Waals surface area (Å²) in [5.74, 6) is 0.266. The molecule has 0 bridgehead atoms. The summed E-state index contributed by atoms with van der Waals surface area (Å²) < 4.78 is 7.29. The SMILES string of the molecule is CCCCN1C(=O)CC(C(=O)NCc2ccccc2Cn2ccnc2)C1c1ccc(OC)cc1. The summed E-state index contributed by atoms with van der Waals surface area (Å²) in [4.78, 5) is 32.3. The number of benzene rings is 2. The molecule has 2 aromatic carbocycles. The lowest BCUT2D eigenvalue weighted by atomic mass is 9.92. The Kier molecular flexibility index (Phi) is 7.62. The van der Waals surface area contributed by atoms with Crippen LogP contribution in [0, 0.1) is 5.92 Å². The van der Waals surface area contributed by atoms with E-state index in [4.69, 9.17) is 4.74 Å². The first-order chi connectivity index (χ1) is 16.6. The monoisotopic (exact) mass is 460 g/mol. The summed E-state index contributed by atoms with van der Waals surface area (Å²) in [6.07, 6.45) is 7.58. The van der Waals surface area contributed by atoms with Crippen LogP contribution in [0.5, 0.6) is 5.75 Å². The van der Waals surface area contributed by atoms with Gasteiger partial charge in [0.15, 0.2) is 0 Å². The average Bonchev–Trinajstić information content (AvgIpc) is 3.49. The number of likely N-dealkylation sites (tertiary alicyclic amines) is 1. The molecule has 0 saturated carbocycles. The molecule has 1 aliphatic rings. The van der Waals surface area contributed by atoms with Gasteiger partial charge in [-0.2, -0.15) is 0 Å². The number of rotatable bonds is 10. The molecule has 3 aromatic rings. The molecule has 1 N–H and O–H groups in total. The van der Waals surface area contributed by atoms with Crippen LogP contribution in [0.4, 0.5) is 0 Å². The highest BCUT2D eigenvalue weighted by atomic mass is 16.5. The summed E-state index contributed by atoms with van der Waals surface area (Å²) in [5, 5.41) is 3.11. The number of carbonyl (C=O) groups is 2. The van der Waals surface area contributed by atoms with Gasteiger partial charge in [-0.3, -0.25) is 9.59 Å². The van der Waals surface area contributed by atoms with Crippen molar-refractivity contribution in [1.29, 1.82) is 0 Å². The standard InChI is InChI=1S/C27H32N4O3/c1-3-4-14-31-25(32)16-24(26(31)20-9-11-23(34-2)12-10-20)27(33)29-17-21-7-5-6-8-22(21)18-30-15-13-28-19-30/h5-13,15,19,24,26H,3-4,14,16-18H2,1-2H3,(H,29,33). The van der Waals surface area contributed by atoms with Crippen molar-refractivity contribution >= 4 is 11.8 Å². The van der Waals surface area contributed by atoms with E-state index in [1.165, 1.54) is 0 Å². The number of nitrogens with zero attached hydrogens (tertiary/aromatic N) is 3. The molecular weight excluding hydrogens is 428 g/mol. The minimum Gasteiger partial charge on any atom is -0.497 e. The van der Waals surface area contributed by atoms with Gasteiger partial charge in [-0.1, -0.05) is 49.7 Å². The zero-order valence-corrected chi connectivity index (χ0v) is 19.8. The Bertz CT molecular complexity index is 1100. The fourth-order valence-electron chi connectivity index (χ4n) is 4.61. The van der Waals surface area contributed by atoms with Crippen LogP contribution in [0.2, 0.25) is 0 Å². The highest BCUT2D eigenvalue weighted by Gasteiger charge is 2.44. The summed E-state index contributed by atoms with van der Waals surface area (Å²) in [6.45, 7) is 3.86. The van der Waals surface area contributed by atoms with Crippen molar-refractivity contribution in [1.82, 2.24) is 19.8 Å². The van der Waals surface area contributed by atoms with E-state index in [0.717, 1.165) is 35.3 Å². The molecule has 7 heteroatoms. The normalized spacial score (nSPS) is 17.7. The van der Waals surface area contributed by atoms with Gasteiger partial charge in [0.05, 0.1) is 25.4 Å². The number of hydrogen-bond acceptors (Lipinski definition) is 4. The third-order valence-electron chi connectivity index (χ3n) is 6.46. The Balaban J connectivity index is 1.51. The second-order valence-electron chi connectivity index (χ2n) is 8.69. The topological polar surface area (TPSA) is 76.5 Å². The maximum absolute atomic E-state index is 13.4. The van der Waals surface area contributed by atoms with E-state index in [1.807, 2.05) is 58.1 Å². The van der Waals surface area contributed by atoms with Crippen LogP contribution in [0.25, 0.3) is 0 Å². The molecule has 0 radical (unpaired) electrons. The lowest BCUT2D eigenvalue weighted by molar-refractivity contribution is -0.129. The van der Waals surface area contributed by atoms with Gasteiger partial charge in [-0.05, 0) is 35.2 Å². The quantitative estimate of drug-likeness (QED) is 0.497. The average molecular weight is 461 g/mol. The minimum absolute atomic E-state index is 0.0370. The van der Waals surface area contributed by atoms with E-state index in [1.54, 1.807) is 19.6 Å². The molecule has 1 fully saturated rings. The fraction of sp³-hybridized carbons (Fsp3) is 0.370. The van der Waals surface area contributed by atoms with Gasteiger partial charge in [0.2, 0.25) is 11.8 Å². The zero-order valence-electron chi connectivity index (χ0n) is 19.8. The van der Waals surface area contributed by atoms with Crippen LogP contribution < -0.4 is 10.1 Å². The van der Waals surface area contributed by atoms with Gasteiger partial charge in [0, 0.05) is 38.4 Å². The number of ether oxygens (including phenoxy) is 1. The summed E-state index contributed by atoms with van der Waals surface area (Å²) in [7, 11) is 1.63. The lowest BCUT2D eigenvalue weighted by Crippen LogP contribution is -2.36. The molecule has 4 rings (SSSR count). The second-order valence-corrected chi connectivity index (χ2v) is 8.69. The summed E-state index contributed by atoms with van der Waals surface area (Å²) in [5.41, 5.74) is 3.14. The van der Waals surface area contributed by atoms with Crippen LogP contribution in [0.3, 0.4) is 0 Å². The van der Waals surface area contributed by atoms with E-state index in [0.29, 0.717) is 19.6 Å². The molecule has 2 amide bonds. The highest BCUT2D eigenvalue weighted by Crippen LogP contribution is 2.39. The molecule has 1 aromatic heterocycles. The predicted octanol–water partition coefficient (Wildman–Crippen LogP) is 3.95. The van der Waals surface area contributed by atoms with E-state index in [-0.39, 0.29) is 24.3 Å². The van der Waals surface area contributed by atoms with Crippen molar-refractivity contribution in [3.8, 4) is 5.75 Å². The largest absolute Gasteiger partial charge is 0.497 e. The van der Waals surface area contributed by atoms with Gasteiger partial charge in [0.1, 0.15) is 5.75 Å². The van der Waals surface area contributed by atoms with Crippen LogP contribution in [-0.4, -0.2) is 39.9 Å². The van der Waals surface area contributed by atoms with Gasteiger partial charge in [-0.25, -0.2) is 4.98 Å². The number of nitrogens with one attached hydrogen (secondary N) is 1. The smallest absolute Gasteiger partial charge is 0.226 e. The molecule has 1 aliphatic heterocycles. The number of carbonyl (C=O) groups excluding carboxylic acids is 2. The Labute approximate surface area is 200 Å². The van der Waals surface area contributed by atoms with Crippen LogP contribution >= 0.6 is 0 Å². The molecule has 0 aliphatic carbocycles. The zero-order chi connectivity index (χ0) is 23.9. The Hall–Kier alpha value is -3.61. The lowest BCUT2D eigenvalue weighted by Gasteiger charge is -2.28. The van der Waals surface area contributed by atoms with Crippen molar-refractivity contribution < 1.29 is 14.3 Å². The van der Waals surface area contributed by atoms with Crippen LogP contribution in [0.15, 0.2) is 67.3 Å². The first kappa shape index (κ1) is 23.5. The highest BCUT2D eigenvalue weighted by molar-refractivity contribution is 5.90. The minimum atomic E-state index is -0.432. The molecule has 2 atom stereocenters. The molecule has 2 heterocycles. The first-order valence-corrected chi connectivity index (χ1v) is 11.8. The maximum Gasteiger partial charge on any atom is 0.226 e. The number of methoxy groups -OCH3 is 1. The van der Waals surface area contributed by atoms with Gasteiger partial charge >= 0.3 is 0 Å². The predicted molar refractivity (Wildman–Crippen MR) is 130 cm³/mol. The molecule has 7 nitrogen and oxygen atoms in total. The number of amides is 2. The Morgan fingerprint density at radius 3 is 2.59 bits per heavy atom. The van der Waals surface area contributed by atoms with Crippen LogP contribution in [-0.2, 0) is 22.7 Å². The molecular formula is C27H32N4O3. The van der Waals surface area contributed by atoms with Crippen molar-refractivity contribution in [2.75, 3.05) is 13.7 Å². The maximum atomic E-state index is 13.4. The van der Waals surface area contributed by atoms with Crippen molar-refractivity contribution in [3.63, 3.8) is 0 Å². The third kappa shape index (κ3) is 5.30. The van der Waals surface area contributed by atoms with Crippen LogP contribution in [0.1, 0.15) is 48.9 Å². The molecule has 34 heavy (non-hydrogen) atoms. The summed E-state index contributed by atoms with van der Waals surface area (Å²) >= 11 is 0. The van der Waals surface area contributed by atoms with Crippen molar-refractivity contribution in [2.24, 2.45) is 5.92 Å². The number of unbranched alkanes of at least 4 members (excludes halogenated alkanes) is 1. The number of aromatic nitrogens is 2. The number of hydrogen-bond donors (Lipinski definition) is 1. The summed E-state index contributed by atoms with van der Waals surface area (Å²) in [6, 6.07) is 15.5. The Morgan fingerprint density at radius 1 is 1.15 bits per heavy atom. The van der Waals surface area contributed by atoms with Crippen molar-refractivity contribution in [2.45, 2.75) is 45.3 Å². The Morgan fingerprint density at radius 2 is 1.91 bits per heavy atom. The van der Waals surface area contributed by atoms with E-state index < -0.39 is 5.92 Å². The van der Waals surface area contributed by atoms with Gasteiger partial charge in [0.25, 0.3) is 0 Å². The fourth-order valence-corrected chi connectivity index (χ4v) is 4.61. The van der Waals surface area contributed by atoms with E-state index in [9.17, 15) is 9.59 Å². The molecule has 178 valence electrons. The van der Waals surface area contributed by atoms with Crippen molar-refractivity contribution in [3.05, 3.63) is 83.9 Å². The van der Waals surface area contributed by atoms with Gasteiger partial charge in [-0.15, -0.1) is 0 Å². The molecule has 1 saturated heterocycles. The van der Waals surface area contributed by atoms with E-state index in [2.05, 4.69) is 23.3 Å². The molecule has 0 spiro atoms. The van der Waals surface area contributed by atoms with E-state index >= 15 is 0 Å². The van der Waals surface area contributed by atoms with Gasteiger partial charge < -0.3 is 19.5 Å². The number of imidazole rings is 1. The second kappa shape index (κ2) is 11.0. The first-order valence-electron chi connectivity index (χ1n) is 11.8.